The molecule has 1 atom stereocenters. The number of rotatable bonds is 4. The molecule has 0 aromatic carbocycles. The van der Waals surface area contributed by atoms with Gasteiger partial charge in [0.2, 0.25) is 0 Å². The van der Waals surface area contributed by atoms with Gasteiger partial charge in [0.1, 0.15) is 5.54 Å². The van der Waals surface area contributed by atoms with Gasteiger partial charge in [-0.1, -0.05) is 25.9 Å². The Kier molecular flexibility index (Phi) is 3.94. The Bertz CT molecular complexity index is 251. The van der Waals surface area contributed by atoms with E-state index in [1.807, 2.05) is 0 Å². The maximum atomic E-state index is 11.7. The van der Waals surface area contributed by atoms with Crippen LogP contribution in [0, 0.1) is 5.41 Å². The molecule has 0 saturated carbocycles. The van der Waals surface area contributed by atoms with Crippen LogP contribution in [0.15, 0.2) is 5.16 Å². The summed E-state index contributed by atoms with van der Waals surface area (Å²) >= 11 is 0. The van der Waals surface area contributed by atoms with Crippen LogP contribution >= 0.6 is 0 Å². The zero-order chi connectivity index (χ0) is 11.4. The molecule has 0 saturated heterocycles. The molecule has 1 unspecified atom stereocenters. The van der Waals surface area contributed by atoms with Gasteiger partial charge in [0.25, 0.3) is 0 Å². The Hall–Kier alpha value is -1.23. The van der Waals surface area contributed by atoms with Crippen LogP contribution in [0.25, 0.3) is 0 Å². The average Bonchev–Trinajstić information content (AvgIpc) is 2.01. The fourth-order valence-corrected chi connectivity index (χ4v) is 1.03. The smallest absolute Gasteiger partial charge is 0.322 e. The molecule has 0 aliphatic rings. The molecule has 14 heavy (non-hydrogen) atoms. The summed E-state index contributed by atoms with van der Waals surface area (Å²) in [6.07, 6.45) is 1.12. The lowest BCUT2D eigenvalue weighted by Crippen LogP contribution is -2.51. The summed E-state index contributed by atoms with van der Waals surface area (Å²) in [6.45, 7) is 6.95. The minimum Gasteiger partial charge on any atom is -0.322 e. The summed E-state index contributed by atoms with van der Waals surface area (Å²) in [7, 11) is 0. The number of ketones is 1. The molecule has 0 fully saturated rings. The Morgan fingerprint density at radius 2 is 1.86 bits per heavy atom. The highest BCUT2D eigenvalue weighted by molar-refractivity contribution is 6.06. The van der Waals surface area contributed by atoms with Gasteiger partial charge in [-0.05, 0) is 6.92 Å². The summed E-state index contributed by atoms with van der Waals surface area (Å²) in [6, 6.07) is 0. The van der Waals surface area contributed by atoms with Crippen molar-refractivity contribution in [3.05, 3.63) is 0 Å². The molecule has 5 heteroatoms. The number of nitrogens with two attached hydrogens (primary N) is 1. The summed E-state index contributed by atoms with van der Waals surface area (Å²) < 4.78 is 0. The molecule has 0 heterocycles. The van der Waals surface area contributed by atoms with Crippen molar-refractivity contribution >= 4 is 18.5 Å². The van der Waals surface area contributed by atoms with Gasteiger partial charge < -0.3 is 10.6 Å². The molecule has 0 aromatic heterocycles. The summed E-state index contributed by atoms with van der Waals surface area (Å²) in [4.78, 5) is 25.6. The number of carbonyl (C=O) groups is 2. The van der Waals surface area contributed by atoms with E-state index in [0.29, 0.717) is 0 Å². The highest BCUT2D eigenvalue weighted by atomic mass is 16.7. The van der Waals surface area contributed by atoms with Crippen molar-refractivity contribution < 1.29 is 14.4 Å². The molecule has 0 aliphatic heterocycles. The highest BCUT2D eigenvalue weighted by Crippen LogP contribution is 2.20. The van der Waals surface area contributed by atoms with Crippen molar-refractivity contribution in [2.24, 2.45) is 16.3 Å². The number of nitrogens with zero attached hydrogens (tertiary/aromatic N) is 1. The van der Waals surface area contributed by atoms with E-state index in [4.69, 9.17) is 5.73 Å². The van der Waals surface area contributed by atoms with E-state index in [0.717, 1.165) is 6.21 Å². The van der Waals surface area contributed by atoms with Crippen LogP contribution in [0.1, 0.15) is 27.7 Å². The predicted molar refractivity (Wildman–Crippen MR) is 52.7 cm³/mol. The molecule has 5 nitrogen and oxygen atoms in total. The molecule has 0 aromatic rings. The van der Waals surface area contributed by atoms with E-state index < -0.39 is 11.0 Å². The molecule has 0 amide bonds. The fourth-order valence-electron chi connectivity index (χ4n) is 1.03. The first-order valence-corrected chi connectivity index (χ1v) is 4.19. The van der Waals surface area contributed by atoms with Gasteiger partial charge in [-0.25, -0.2) is 0 Å². The molecular weight excluding hydrogens is 184 g/mol. The lowest BCUT2D eigenvalue weighted by atomic mass is 9.80. The third kappa shape index (κ3) is 3.66. The maximum absolute atomic E-state index is 11.7. The van der Waals surface area contributed by atoms with Crippen LogP contribution in [0.3, 0.4) is 0 Å². The van der Waals surface area contributed by atoms with Gasteiger partial charge in [-0.2, -0.15) is 0 Å². The Labute approximate surface area is 83.3 Å². The van der Waals surface area contributed by atoms with Crippen molar-refractivity contribution in [2.45, 2.75) is 33.2 Å². The van der Waals surface area contributed by atoms with Crippen molar-refractivity contribution in [1.29, 1.82) is 0 Å². The lowest BCUT2D eigenvalue weighted by Gasteiger charge is -2.26. The number of carbonyl (C=O) groups excluding carboxylic acids is 2. The van der Waals surface area contributed by atoms with Crippen LogP contribution < -0.4 is 5.73 Å². The van der Waals surface area contributed by atoms with E-state index in [1.165, 1.54) is 6.92 Å². The van der Waals surface area contributed by atoms with Gasteiger partial charge in [0, 0.05) is 5.41 Å². The summed E-state index contributed by atoms with van der Waals surface area (Å²) in [5, 5.41) is 3.26. The zero-order valence-electron chi connectivity index (χ0n) is 8.90. The Morgan fingerprint density at radius 1 is 1.36 bits per heavy atom. The van der Waals surface area contributed by atoms with E-state index in [-0.39, 0.29) is 12.3 Å². The van der Waals surface area contributed by atoms with E-state index in [1.54, 1.807) is 20.8 Å². The van der Waals surface area contributed by atoms with E-state index in [9.17, 15) is 9.59 Å². The van der Waals surface area contributed by atoms with Gasteiger partial charge in [-0.3, -0.25) is 9.59 Å². The van der Waals surface area contributed by atoms with Gasteiger partial charge in [0.05, 0.1) is 6.21 Å². The minimum absolute atomic E-state index is 0.161. The molecule has 2 N–H and O–H groups in total. The van der Waals surface area contributed by atoms with Crippen LogP contribution in [0.4, 0.5) is 0 Å². The molecule has 80 valence electrons. The van der Waals surface area contributed by atoms with E-state index >= 15 is 0 Å². The first-order chi connectivity index (χ1) is 6.22. The molecule has 0 bridgehead atoms. The third-order valence-electron chi connectivity index (χ3n) is 1.60. The van der Waals surface area contributed by atoms with Crippen molar-refractivity contribution in [1.82, 2.24) is 0 Å². The normalized spacial score (nSPS) is 16.4. The van der Waals surface area contributed by atoms with Crippen LogP contribution in [-0.2, 0) is 14.4 Å². The first kappa shape index (κ1) is 12.8. The van der Waals surface area contributed by atoms with Crippen molar-refractivity contribution in [2.75, 3.05) is 0 Å². The lowest BCUT2D eigenvalue weighted by molar-refractivity contribution is -0.130. The third-order valence-corrected chi connectivity index (χ3v) is 1.60. The molecule has 0 spiro atoms. The second-order valence-electron chi connectivity index (χ2n) is 4.30. The Morgan fingerprint density at radius 3 is 2.21 bits per heavy atom. The zero-order valence-corrected chi connectivity index (χ0v) is 8.90. The largest absolute Gasteiger partial charge is 0.323 e. The second-order valence-corrected chi connectivity index (χ2v) is 4.30. The van der Waals surface area contributed by atoms with Crippen LogP contribution in [-0.4, -0.2) is 24.0 Å². The molecular formula is C9H16N2O3. The molecule has 0 radical (unpaired) electrons. The van der Waals surface area contributed by atoms with Gasteiger partial charge in [-0.15, -0.1) is 0 Å². The topological polar surface area (TPSA) is 81.8 Å². The number of hydrogen-bond donors (Lipinski definition) is 1. The highest BCUT2D eigenvalue weighted by Gasteiger charge is 2.35. The standard InChI is InChI=1S/C9H16N2O3/c1-8(2,3)7(13)9(4,10)5-11-14-6-12/h5-6H,10H2,1-4H3/b11-5+. The maximum Gasteiger partial charge on any atom is 0.323 e. The Balaban J connectivity index is 4.62. The van der Waals surface area contributed by atoms with E-state index in [2.05, 4.69) is 9.99 Å². The number of hydrogen-bond acceptors (Lipinski definition) is 5. The minimum atomic E-state index is -1.22. The summed E-state index contributed by atoms with van der Waals surface area (Å²) in [5.74, 6) is -0.178. The van der Waals surface area contributed by atoms with Crippen molar-refractivity contribution in [3.8, 4) is 0 Å². The van der Waals surface area contributed by atoms with Crippen molar-refractivity contribution in [3.63, 3.8) is 0 Å². The SMILES string of the molecule is CC(C)(C)C(=O)C(C)(N)/C=N/OC=O. The quantitative estimate of drug-likeness (QED) is 0.309. The van der Waals surface area contributed by atoms with Gasteiger partial charge in [0.15, 0.2) is 5.78 Å². The number of Topliss-reactive ketones (excluding diaryl/α,β-unsaturated/α-hetero) is 1. The fraction of sp³-hybridized carbons (Fsp3) is 0.667. The monoisotopic (exact) mass is 200 g/mol. The summed E-state index contributed by atoms with van der Waals surface area (Å²) in [5.41, 5.74) is 3.91. The average molecular weight is 200 g/mol. The second kappa shape index (κ2) is 4.32. The van der Waals surface area contributed by atoms with Gasteiger partial charge >= 0.3 is 6.47 Å². The predicted octanol–water partition coefficient (Wildman–Crippen LogP) is 0.478. The molecule has 0 rings (SSSR count). The van der Waals surface area contributed by atoms with Crippen LogP contribution in [0.2, 0.25) is 0 Å². The van der Waals surface area contributed by atoms with Crippen LogP contribution in [0.5, 0.6) is 0 Å². The first-order valence-electron chi connectivity index (χ1n) is 4.19. The molecule has 0 aliphatic carbocycles. The number of oxime groups is 1.